The van der Waals surface area contributed by atoms with Crippen LogP contribution in [0.5, 0.6) is 0 Å². The summed E-state index contributed by atoms with van der Waals surface area (Å²) in [4.78, 5) is 4.04. The molecule has 0 atom stereocenters. The maximum Gasteiger partial charge on any atom is 0.244 e. The highest BCUT2D eigenvalue weighted by molar-refractivity contribution is 7.89. The lowest BCUT2D eigenvalue weighted by Crippen LogP contribution is -2.38. The van der Waals surface area contributed by atoms with E-state index < -0.39 is 10.0 Å². The summed E-state index contributed by atoms with van der Waals surface area (Å²) < 4.78 is 28.9. The average molecular weight is 378 g/mol. The predicted molar refractivity (Wildman–Crippen MR) is 93.0 cm³/mol. The first-order valence-corrected chi connectivity index (χ1v) is 9.79. The van der Waals surface area contributed by atoms with Gasteiger partial charge in [-0.1, -0.05) is 17.7 Å². The zero-order chi connectivity index (χ0) is 17.4. The van der Waals surface area contributed by atoms with E-state index >= 15 is 0 Å². The summed E-state index contributed by atoms with van der Waals surface area (Å²) in [5.74, 6) is 1.08. The van der Waals surface area contributed by atoms with Crippen molar-refractivity contribution in [2.45, 2.75) is 23.7 Å². The molecule has 1 saturated heterocycles. The number of sulfonamides is 1. The molecule has 9 heteroatoms. The number of hydrogen-bond donors (Lipinski definition) is 0. The Morgan fingerprint density at radius 2 is 1.88 bits per heavy atom. The first-order valence-electron chi connectivity index (χ1n) is 7.97. The van der Waals surface area contributed by atoms with E-state index in [1.807, 2.05) is 28.8 Å². The molecule has 3 aromatic rings. The Labute approximate surface area is 150 Å². The lowest BCUT2D eigenvalue weighted by molar-refractivity contribution is 0.312. The van der Waals surface area contributed by atoms with Gasteiger partial charge in [-0.05, 0) is 37.1 Å². The summed E-state index contributed by atoms with van der Waals surface area (Å²) in [5, 5.41) is 8.75. The molecule has 0 aromatic carbocycles. The normalized spacial score (nSPS) is 17.2. The van der Waals surface area contributed by atoms with Crippen LogP contribution in [-0.2, 0) is 10.0 Å². The fourth-order valence-electron chi connectivity index (χ4n) is 3.16. The van der Waals surface area contributed by atoms with Gasteiger partial charge in [0.25, 0.3) is 0 Å². The number of fused-ring (bicyclic) bond motifs is 1. The van der Waals surface area contributed by atoms with Gasteiger partial charge in [0.05, 0.1) is 0 Å². The predicted octanol–water partition coefficient (Wildman–Crippen LogP) is 2.35. The highest BCUT2D eigenvalue weighted by atomic mass is 35.5. The van der Waals surface area contributed by atoms with E-state index in [0.29, 0.717) is 25.9 Å². The van der Waals surface area contributed by atoms with Gasteiger partial charge in [0, 0.05) is 31.4 Å². The number of pyridine rings is 2. The standard InChI is InChI=1S/C16H16ClN5O2S/c17-14-5-4-13(11-18-14)25(23,24)21-9-6-12(7-10-21)16-20-19-15-3-1-2-8-22(15)16/h1-5,8,11-12H,6-7,9-10H2. The first kappa shape index (κ1) is 16.4. The van der Waals surface area contributed by atoms with Crippen molar-refractivity contribution < 1.29 is 8.42 Å². The Hall–Kier alpha value is -2.03. The second kappa shape index (κ2) is 6.36. The monoisotopic (exact) mass is 377 g/mol. The molecule has 0 aliphatic carbocycles. The minimum Gasteiger partial charge on any atom is -0.286 e. The van der Waals surface area contributed by atoms with E-state index in [-0.39, 0.29) is 16.0 Å². The molecule has 4 rings (SSSR count). The molecule has 1 aliphatic heterocycles. The van der Waals surface area contributed by atoms with Gasteiger partial charge >= 0.3 is 0 Å². The smallest absolute Gasteiger partial charge is 0.244 e. The molecule has 0 N–H and O–H groups in total. The van der Waals surface area contributed by atoms with Gasteiger partial charge in [0.2, 0.25) is 10.0 Å². The minimum absolute atomic E-state index is 0.170. The van der Waals surface area contributed by atoms with Crippen molar-refractivity contribution in [3.63, 3.8) is 0 Å². The molecular weight excluding hydrogens is 362 g/mol. The van der Waals surface area contributed by atoms with Crippen LogP contribution in [0.2, 0.25) is 5.15 Å². The van der Waals surface area contributed by atoms with Gasteiger partial charge in [0.1, 0.15) is 15.9 Å². The highest BCUT2D eigenvalue weighted by Gasteiger charge is 2.31. The van der Waals surface area contributed by atoms with E-state index in [1.165, 1.54) is 22.6 Å². The largest absolute Gasteiger partial charge is 0.286 e. The zero-order valence-electron chi connectivity index (χ0n) is 13.3. The Balaban J connectivity index is 1.52. The Morgan fingerprint density at radius 3 is 2.60 bits per heavy atom. The van der Waals surface area contributed by atoms with Crippen LogP contribution in [0.1, 0.15) is 24.6 Å². The molecule has 0 bridgehead atoms. The van der Waals surface area contributed by atoms with Crippen LogP contribution in [0.25, 0.3) is 5.65 Å². The number of nitrogens with zero attached hydrogens (tertiary/aromatic N) is 5. The number of piperidine rings is 1. The number of hydrogen-bond acceptors (Lipinski definition) is 5. The molecule has 130 valence electrons. The second-order valence-corrected chi connectivity index (χ2v) is 8.31. The van der Waals surface area contributed by atoms with Crippen molar-refractivity contribution in [2.75, 3.05) is 13.1 Å². The van der Waals surface area contributed by atoms with E-state index in [9.17, 15) is 8.42 Å². The van der Waals surface area contributed by atoms with Gasteiger partial charge in [-0.25, -0.2) is 13.4 Å². The summed E-state index contributed by atoms with van der Waals surface area (Å²) >= 11 is 5.74. The van der Waals surface area contributed by atoms with Crippen LogP contribution in [0.3, 0.4) is 0 Å². The Morgan fingerprint density at radius 1 is 1.08 bits per heavy atom. The molecule has 0 spiro atoms. The van der Waals surface area contributed by atoms with Crippen LogP contribution in [-0.4, -0.2) is 45.4 Å². The van der Waals surface area contributed by atoms with Gasteiger partial charge in [0.15, 0.2) is 5.65 Å². The third-order valence-electron chi connectivity index (χ3n) is 4.50. The SMILES string of the molecule is O=S(=O)(c1ccc(Cl)nc1)N1CCC(c2nnc3ccccn23)CC1. The summed E-state index contributed by atoms with van der Waals surface area (Å²) in [5.41, 5.74) is 0.805. The number of halogens is 1. The quantitative estimate of drug-likeness (QED) is 0.654. The van der Waals surface area contributed by atoms with Crippen molar-refractivity contribution >= 4 is 27.3 Å². The third-order valence-corrected chi connectivity index (χ3v) is 6.60. The highest BCUT2D eigenvalue weighted by Crippen LogP contribution is 2.30. The lowest BCUT2D eigenvalue weighted by atomic mass is 9.97. The van der Waals surface area contributed by atoms with Gasteiger partial charge < -0.3 is 0 Å². The molecule has 0 unspecified atom stereocenters. The third kappa shape index (κ3) is 3.01. The van der Waals surface area contributed by atoms with Crippen LogP contribution in [0.15, 0.2) is 47.6 Å². The number of aromatic nitrogens is 4. The van der Waals surface area contributed by atoms with Crippen molar-refractivity contribution in [1.29, 1.82) is 0 Å². The van der Waals surface area contributed by atoms with Crippen LogP contribution >= 0.6 is 11.6 Å². The topological polar surface area (TPSA) is 80.5 Å². The molecule has 0 saturated carbocycles. The fourth-order valence-corrected chi connectivity index (χ4v) is 4.68. The van der Waals surface area contributed by atoms with Crippen molar-refractivity contribution in [3.05, 3.63) is 53.7 Å². The molecule has 0 amide bonds. The second-order valence-electron chi connectivity index (χ2n) is 5.98. The maximum absolute atomic E-state index is 12.7. The number of rotatable bonds is 3. The summed E-state index contributed by atoms with van der Waals surface area (Å²) in [6.45, 7) is 0.884. The summed E-state index contributed by atoms with van der Waals surface area (Å²) in [7, 11) is -3.54. The van der Waals surface area contributed by atoms with Crippen molar-refractivity contribution in [1.82, 2.24) is 23.9 Å². The maximum atomic E-state index is 12.7. The summed E-state index contributed by atoms with van der Waals surface area (Å²) in [6, 6.07) is 8.74. The molecule has 1 fully saturated rings. The molecule has 0 radical (unpaired) electrons. The zero-order valence-corrected chi connectivity index (χ0v) is 14.9. The van der Waals surface area contributed by atoms with E-state index in [4.69, 9.17) is 11.6 Å². The van der Waals surface area contributed by atoms with Crippen molar-refractivity contribution in [2.24, 2.45) is 0 Å². The van der Waals surface area contributed by atoms with Crippen LogP contribution < -0.4 is 0 Å². The average Bonchev–Trinajstić information content (AvgIpc) is 3.06. The Kier molecular flexibility index (Phi) is 4.18. The van der Waals surface area contributed by atoms with E-state index in [0.717, 1.165) is 11.5 Å². The molecule has 7 nitrogen and oxygen atoms in total. The van der Waals surface area contributed by atoms with E-state index in [1.54, 1.807) is 0 Å². The van der Waals surface area contributed by atoms with Crippen LogP contribution in [0, 0.1) is 0 Å². The van der Waals surface area contributed by atoms with Gasteiger partial charge in [-0.2, -0.15) is 4.31 Å². The molecular formula is C16H16ClN5O2S. The first-order chi connectivity index (χ1) is 12.1. The van der Waals surface area contributed by atoms with E-state index in [2.05, 4.69) is 15.2 Å². The molecule has 3 aromatic heterocycles. The summed E-state index contributed by atoms with van der Waals surface area (Å²) in [6.07, 6.45) is 4.65. The molecule has 25 heavy (non-hydrogen) atoms. The Bertz CT molecular complexity index is 995. The van der Waals surface area contributed by atoms with Gasteiger partial charge in [-0.3, -0.25) is 4.40 Å². The molecule has 1 aliphatic rings. The molecule has 4 heterocycles. The van der Waals surface area contributed by atoms with Crippen LogP contribution in [0.4, 0.5) is 0 Å². The minimum atomic E-state index is -3.54. The van der Waals surface area contributed by atoms with Crippen molar-refractivity contribution in [3.8, 4) is 0 Å². The lowest BCUT2D eigenvalue weighted by Gasteiger charge is -2.30. The van der Waals surface area contributed by atoms with Gasteiger partial charge in [-0.15, -0.1) is 10.2 Å². The fraction of sp³-hybridized carbons (Fsp3) is 0.312.